The van der Waals surface area contributed by atoms with E-state index in [9.17, 15) is 8.78 Å². The van der Waals surface area contributed by atoms with E-state index in [0.29, 0.717) is 12.0 Å². The van der Waals surface area contributed by atoms with Crippen LogP contribution in [0.25, 0.3) is 0 Å². The Morgan fingerprint density at radius 1 is 1.00 bits per heavy atom. The average molecular weight is 293 g/mol. The van der Waals surface area contributed by atoms with E-state index in [4.69, 9.17) is 11.6 Å². The van der Waals surface area contributed by atoms with Gasteiger partial charge >= 0.3 is 0 Å². The molecule has 3 heteroatoms. The van der Waals surface area contributed by atoms with Crippen molar-refractivity contribution in [3.63, 3.8) is 0 Å². The van der Waals surface area contributed by atoms with Crippen LogP contribution in [0, 0.1) is 11.6 Å². The Hall–Kier alpha value is -1.41. The van der Waals surface area contributed by atoms with Crippen molar-refractivity contribution in [3.05, 3.63) is 71.3 Å². The maximum absolute atomic E-state index is 13.7. The molecule has 2 aromatic carbocycles. The van der Waals surface area contributed by atoms with Gasteiger partial charge in [-0.05, 0) is 36.5 Å². The summed E-state index contributed by atoms with van der Waals surface area (Å²) in [4.78, 5) is 0. The molecule has 104 valence electrons. The van der Waals surface area contributed by atoms with E-state index in [1.54, 1.807) is 6.07 Å². The number of alkyl halides is 1. The van der Waals surface area contributed by atoms with Crippen LogP contribution in [0.4, 0.5) is 8.78 Å². The maximum atomic E-state index is 13.7. The van der Waals surface area contributed by atoms with Gasteiger partial charge in [0.1, 0.15) is 0 Å². The van der Waals surface area contributed by atoms with Gasteiger partial charge in [0.15, 0.2) is 11.6 Å². The Morgan fingerprint density at radius 3 is 2.35 bits per heavy atom. The topological polar surface area (TPSA) is 0 Å². The third-order valence-electron chi connectivity index (χ3n) is 4.17. The molecule has 20 heavy (non-hydrogen) atoms. The first-order valence-corrected chi connectivity index (χ1v) is 7.19. The Bertz CT molecular complexity index is 606. The second-order valence-corrected chi connectivity index (χ2v) is 5.93. The zero-order valence-electron chi connectivity index (χ0n) is 11.0. The van der Waals surface area contributed by atoms with Crippen molar-refractivity contribution in [1.29, 1.82) is 0 Å². The summed E-state index contributed by atoms with van der Waals surface area (Å²) in [6.45, 7) is 0. The van der Waals surface area contributed by atoms with Gasteiger partial charge in [-0.1, -0.05) is 42.5 Å². The molecule has 0 spiro atoms. The number of hydrogen-bond donors (Lipinski definition) is 0. The smallest absolute Gasteiger partial charge is 0.162 e. The molecule has 0 aliphatic heterocycles. The molecule has 1 saturated carbocycles. The molecule has 1 atom stereocenters. The molecule has 0 saturated heterocycles. The van der Waals surface area contributed by atoms with Gasteiger partial charge in [0.2, 0.25) is 0 Å². The molecule has 1 aliphatic carbocycles. The fourth-order valence-electron chi connectivity index (χ4n) is 2.78. The summed E-state index contributed by atoms with van der Waals surface area (Å²) in [5.74, 6) is -1.59. The Balaban J connectivity index is 1.83. The van der Waals surface area contributed by atoms with E-state index in [0.717, 1.165) is 18.9 Å². The Labute approximate surface area is 122 Å². The SMILES string of the molecule is Fc1cccc(CC(Cl)C2(c3ccccc3)CC2)c1F. The summed E-state index contributed by atoms with van der Waals surface area (Å²) in [6.07, 6.45) is 2.35. The van der Waals surface area contributed by atoms with E-state index < -0.39 is 11.6 Å². The molecular formula is C17H15ClF2. The van der Waals surface area contributed by atoms with Gasteiger partial charge in [0.25, 0.3) is 0 Å². The lowest BCUT2D eigenvalue weighted by Crippen LogP contribution is -2.23. The highest BCUT2D eigenvalue weighted by atomic mass is 35.5. The first kappa shape index (κ1) is 13.6. The second-order valence-electron chi connectivity index (χ2n) is 5.41. The van der Waals surface area contributed by atoms with Crippen molar-refractivity contribution < 1.29 is 8.78 Å². The van der Waals surface area contributed by atoms with Gasteiger partial charge in [-0.3, -0.25) is 0 Å². The van der Waals surface area contributed by atoms with Crippen molar-refractivity contribution in [3.8, 4) is 0 Å². The summed E-state index contributed by atoms with van der Waals surface area (Å²) in [7, 11) is 0. The molecular weight excluding hydrogens is 278 g/mol. The lowest BCUT2D eigenvalue weighted by molar-refractivity contribution is 0.493. The molecule has 0 radical (unpaired) electrons. The van der Waals surface area contributed by atoms with E-state index in [-0.39, 0.29) is 10.8 Å². The molecule has 0 N–H and O–H groups in total. The van der Waals surface area contributed by atoms with Crippen molar-refractivity contribution in [2.24, 2.45) is 0 Å². The summed E-state index contributed by atoms with van der Waals surface area (Å²) < 4.78 is 27.0. The molecule has 2 aromatic rings. The fourth-order valence-corrected chi connectivity index (χ4v) is 3.29. The maximum Gasteiger partial charge on any atom is 0.162 e. The van der Waals surface area contributed by atoms with Crippen LogP contribution in [0.1, 0.15) is 24.0 Å². The summed E-state index contributed by atoms with van der Waals surface area (Å²) >= 11 is 6.54. The largest absolute Gasteiger partial charge is 0.204 e. The van der Waals surface area contributed by atoms with Gasteiger partial charge in [0.05, 0.1) is 0 Å². The predicted molar refractivity (Wildman–Crippen MR) is 77.1 cm³/mol. The molecule has 0 nitrogen and oxygen atoms in total. The minimum Gasteiger partial charge on any atom is -0.204 e. The lowest BCUT2D eigenvalue weighted by Gasteiger charge is -2.22. The molecule has 0 bridgehead atoms. The zero-order valence-corrected chi connectivity index (χ0v) is 11.7. The number of rotatable bonds is 4. The van der Waals surface area contributed by atoms with Crippen LogP contribution in [0.5, 0.6) is 0 Å². The second kappa shape index (κ2) is 5.17. The molecule has 0 amide bonds. The van der Waals surface area contributed by atoms with Gasteiger partial charge in [-0.2, -0.15) is 0 Å². The molecule has 0 aromatic heterocycles. The van der Waals surface area contributed by atoms with Crippen LogP contribution < -0.4 is 0 Å². The highest BCUT2D eigenvalue weighted by Gasteiger charge is 2.49. The van der Waals surface area contributed by atoms with Crippen LogP contribution >= 0.6 is 11.6 Å². The molecule has 0 heterocycles. The van der Waals surface area contributed by atoms with Crippen LogP contribution in [-0.2, 0) is 11.8 Å². The Morgan fingerprint density at radius 2 is 1.70 bits per heavy atom. The van der Waals surface area contributed by atoms with E-state index in [2.05, 4.69) is 12.1 Å². The van der Waals surface area contributed by atoms with Crippen LogP contribution in [0.15, 0.2) is 48.5 Å². The van der Waals surface area contributed by atoms with Crippen molar-refractivity contribution in [2.75, 3.05) is 0 Å². The van der Waals surface area contributed by atoms with Gasteiger partial charge < -0.3 is 0 Å². The zero-order chi connectivity index (χ0) is 14.2. The van der Waals surface area contributed by atoms with Gasteiger partial charge in [-0.15, -0.1) is 11.6 Å². The quantitative estimate of drug-likeness (QED) is 0.707. The summed E-state index contributed by atoms with van der Waals surface area (Å²) in [6, 6.07) is 14.3. The first-order valence-electron chi connectivity index (χ1n) is 6.76. The summed E-state index contributed by atoms with van der Waals surface area (Å²) in [5, 5.41) is -0.221. The molecule has 1 unspecified atom stereocenters. The molecule has 1 aliphatic rings. The van der Waals surface area contributed by atoms with E-state index in [1.165, 1.54) is 11.6 Å². The minimum absolute atomic E-state index is 0.0818. The highest BCUT2D eigenvalue weighted by Crippen LogP contribution is 2.53. The number of benzene rings is 2. The predicted octanol–water partition coefficient (Wildman–Crippen LogP) is 4.85. The van der Waals surface area contributed by atoms with Crippen molar-refractivity contribution in [2.45, 2.75) is 30.1 Å². The van der Waals surface area contributed by atoms with Gasteiger partial charge in [0, 0.05) is 10.8 Å². The number of halogens is 3. The van der Waals surface area contributed by atoms with E-state index in [1.807, 2.05) is 18.2 Å². The van der Waals surface area contributed by atoms with Gasteiger partial charge in [-0.25, -0.2) is 8.78 Å². The highest BCUT2D eigenvalue weighted by molar-refractivity contribution is 6.22. The number of hydrogen-bond acceptors (Lipinski definition) is 0. The van der Waals surface area contributed by atoms with Crippen LogP contribution in [0.3, 0.4) is 0 Å². The normalized spacial score (nSPS) is 17.8. The molecule has 3 rings (SSSR count). The third kappa shape index (κ3) is 2.33. The Kier molecular flexibility index (Phi) is 3.51. The first-order chi connectivity index (χ1) is 9.63. The fraction of sp³-hybridized carbons (Fsp3) is 0.294. The van der Waals surface area contributed by atoms with Crippen LogP contribution in [-0.4, -0.2) is 5.38 Å². The van der Waals surface area contributed by atoms with Crippen molar-refractivity contribution >= 4 is 11.6 Å². The summed E-state index contributed by atoms with van der Waals surface area (Å²) in [5.41, 5.74) is 1.46. The monoisotopic (exact) mass is 292 g/mol. The minimum atomic E-state index is -0.809. The van der Waals surface area contributed by atoms with Crippen LogP contribution in [0.2, 0.25) is 0 Å². The van der Waals surface area contributed by atoms with Crippen molar-refractivity contribution in [1.82, 2.24) is 0 Å². The molecule has 1 fully saturated rings. The standard InChI is InChI=1S/C17H15ClF2/c18-15(11-12-5-4-8-14(19)16(12)20)17(9-10-17)13-6-2-1-3-7-13/h1-8,15H,9-11H2. The van der Waals surface area contributed by atoms with E-state index >= 15 is 0 Å². The third-order valence-corrected chi connectivity index (χ3v) is 4.74. The average Bonchev–Trinajstić information content (AvgIpc) is 3.26. The lowest BCUT2D eigenvalue weighted by atomic mass is 9.88.